The lowest BCUT2D eigenvalue weighted by Crippen LogP contribution is -2.28. The van der Waals surface area contributed by atoms with Crippen LogP contribution in [0.3, 0.4) is 0 Å². The zero-order valence-corrected chi connectivity index (χ0v) is 12.4. The van der Waals surface area contributed by atoms with Gasteiger partial charge in [-0.05, 0) is 24.3 Å². The van der Waals surface area contributed by atoms with Crippen LogP contribution >= 0.6 is 11.6 Å². The van der Waals surface area contributed by atoms with Gasteiger partial charge in [0.1, 0.15) is 0 Å². The Morgan fingerprint density at radius 3 is 2.40 bits per heavy atom. The van der Waals surface area contributed by atoms with Gasteiger partial charge < -0.3 is 0 Å². The highest BCUT2D eigenvalue weighted by Crippen LogP contribution is 2.26. The number of anilines is 1. The maximum Gasteiger partial charge on any atom is 0.282 e. The van der Waals surface area contributed by atoms with Gasteiger partial charge in [-0.3, -0.25) is 8.99 Å². The highest BCUT2D eigenvalue weighted by atomic mass is 35.5. The molecule has 0 unspecified atom stereocenters. The van der Waals surface area contributed by atoms with E-state index in [1.165, 1.54) is 25.0 Å². The van der Waals surface area contributed by atoms with Crippen LogP contribution in [-0.4, -0.2) is 25.2 Å². The number of hydrogen-bond donors (Lipinski definition) is 0. The van der Waals surface area contributed by atoms with Gasteiger partial charge in [0, 0.05) is 14.1 Å². The average Bonchev–Trinajstić information content (AvgIpc) is 2.78. The minimum atomic E-state index is -3.81. The highest BCUT2D eigenvalue weighted by Gasteiger charge is 2.27. The van der Waals surface area contributed by atoms with Crippen LogP contribution in [0.1, 0.15) is 5.56 Å². The number of nitrogens with zero attached hydrogens (tertiary/aromatic N) is 4. The maximum atomic E-state index is 12.5. The summed E-state index contributed by atoms with van der Waals surface area (Å²) in [4.78, 5) is 0. The minimum absolute atomic E-state index is 0.0630. The lowest BCUT2D eigenvalue weighted by Gasteiger charge is -2.19. The smallest absolute Gasteiger partial charge is 0.268 e. The van der Waals surface area contributed by atoms with E-state index < -0.39 is 10.0 Å². The third-order valence-electron chi connectivity index (χ3n) is 2.81. The van der Waals surface area contributed by atoms with Crippen molar-refractivity contribution < 1.29 is 8.42 Å². The van der Waals surface area contributed by atoms with Crippen molar-refractivity contribution in [1.82, 2.24) is 9.78 Å². The maximum absolute atomic E-state index is 12.5. The molecule has 8 heteroatoms. The Bertz CT molecular complexity index is 755. The Hall–Kier alpha value is -2.04. The summed E-state index contributed by atoms with van der Waals surface area (Å²) in [6.45, 7) is 0. The van der Waals surface area contributed by atoms with Gasteiger partial charge >= 0.3 is 0 Å². The van der Waals surface area contributed by atoms with Crippen molar-refractivity contribution in [3.05, 3.63) is 41.0 Å². The monoisotopic (exact) mass is 310 g/mol. The zero-order valence-electron chi connectivity index (χ0n) is 10.8. The lowest BCUT2D eigenvalue weighted by molar-refractivity contribution is 0.575. The molecule has 0 saturated carbocycles. The first kappa shape index (κ1) is 14.4. The molecule has 6 nitrogen and oxygen atoms in total. The minimum Gasteiger partial charge on any atom is -0.268 e. The fraction of sp³-hybridized carbons (Fsp3) is 0.167. The second-order valence-electron chi connectivity index (χ2n) is 4.05. The molecule has 2 aromatic rings. The molecular weight excluding hydrogens is 300 g/mol. The molecule has 0 bridgehead atoms. The molecule has 0 aliphatic heterocycles. The Labute approximate surface area is 121 Å². The van der Waals surface area contributed by atoms with Gasteiger partial charge in [-0.25, -0.2) is 0 Å². The molecule has 2 rings (SSSR count). The van der Waals surface area contributed by atoms with Gasteiger partial charge in [0.05, 0.1) is 28.5 Å². The van der Waals surface area contributed by atoms with Crippen LogP contribution < -0.4 is 4.31 Å². The average molecular weight is 311 g/mol. The van der Waals surface area contributed by atoms with Crippen molar-refractivity contribution in [3.8, 4) is 6.07 Å². The fourth-order valence-corrected chi connectivity index (χ4v) is 3.50. The van der Waals surface area contributed by atoms with Gasteiger partial charge in [-0.2, -0.15) is 18.8 Å². The van der Waals surface area contributed by atoms with Crippen molar-refractivity contribution >= 4 is 27.3 Å². The molecule has 104 valence electrons. The lowest BCUT2D eigenvalue weighted by atomic mass is 10.2. The third kappa shape index (κ3) is 2.35. The Morgan fingerprint density at radius 2 is 1.95 bits per heavy atom. The summed E-state index contributed by atoms with van der Waals surface area (Å²) in [5.74, 6) is 0. The second-order valence-corrected chi connectivity index (χ2v) is 6.34. The van der Waals surface area contributed by atoms with E-state index in [0.717, 1.165) is 4.31 Å². The number of halogens is 1. The Kier molecular flexibility index (Phi) is 3.70. The molecule has 0 saturated heterocycles. The fourth-order valence-electron chi connectivity index (χ4n) is 1.70. The summed E-state index contributed by atoms with van der Waals surface area (Å²) < 4.78 is 27.3. The van der Waals surface area contributed by atoms with Crippen molar-refractivity contribution in [2.24, 2.45) is 7.05 Å². The van der Waals surface area contributed by atoms with E-state index in [2.05, 4.69) is 5.10 Å². The van der Waals surface area contributed by atoms with Crippen molar-refractivity contribution in [1.29, 1.82) is 5.26 Å². The first-order valence-electron chi connectivity index (χ1n) is 5.54. The molecule has 1 aromatic heterocycles. The predicted octanol–water partition coefficient (Wildman–Crippen LogP) is 1.77. The summed E-state index contributed by atoms with van der Waals surface area (Å²) >= 11 is 5.88. The number of aryl methyl sites for hydroxylation is 1. The summed E-state index contributed by atoms with van der Waals surface area (Å²) in [7, 11) is -0.889. The number of rotatable bonds is 3. The van der Waals surface area contributed by atoms with Crippen LogP contribution in [0.15, 0.2) is 35.5 Å². The molecule has 0 fully saturated rings. The first-order chi connectivity index (χ1) is 9.37. The van der Waals surface area contributed by atoms with Gasteiger partial charge in [-0.1, -0.05) is 11.6 Å². The number of nitriles is 1. The van der Waals surface area contributed by atoms with Crippen LogP contribution in [0.25, 0.3) is 0 Å². The molecule has 0 amide bonds. The second kappa shape index (κ2) is 5.15. The van der Waals surface area contributed by atoms with Crippen molar-refractivity contribution in [2.75, 3.05) is 11.4 Å². The molecule has 0 radical (unpaired) electrons. The SMILES string of the molecule is CN(c1ccc(C#N)cc1)S(=O)(=O)c1c(Cl)cnn1C. The zero-order chi connectivity index (χ0) is 14.9. The number of hydrogen-bond acceptors (Lipinski definition) is 4. The van der Waals surface area contributed by atoms with Gasteiger partial charge in [0.2, 0.25) is 0 Å². The van der Waals surface area contributed by atoms with Crippen LogP contribution in [0.5, 0.6) is 0 Å². The highest BCUT2D eigenvalue weighted by molar-refractivity contribution is 7.92. The van der Waals surface area contributed by atoms with E-state index in [1.807, 2.05) is 6.07 Å². The van der Waals surface area contributed by atoms with Crippen LogP contribution in [0.4, 0.5) is 5.69 Å². The predicted molar refractivity (Wildman–Crippen MR) is 75.0 cm³/mol. The van der Waals surface area contributed by atoms with Crippen LogP contribution in [-0.2, 0) is 17.1 Å². The standard InChI is InChI=1S/C12H11ClN4O2S/c1-16-12(11(13)8-15-16)20(18,19)17(2)10-5-3-9(7-14)4-6-10/h3-6,8H,1-2H3. The summed E-state index contributed by atoms with van der Waals surface area (Å²) in [5, 5.41) is 12.5. The molecule has 0 aliphatic rings. The van der Waals surface area contributed by atoms with E-state index in [-0.39, 0.29) is 10.0 Å². The van der Waals surface area contributed by atoms with E-state index in [4.69, 9.17) is 16.9 Å². The van der Waals surface area contributed by atoms with Gasteiger partial charge in [-0.15, -0.1) is 0 Å². The molecule has 1 aromatic carbocycles. The van der Waals surface area contributed by atoms with E-state index >= 15 is 0 Å². The third-order valence-corrected chi connectivity index (χ3v) is 5.10. The van der Waals surface area contributed by atoms with E-state index in [9.17, 15) is 8.42 Å². The first-order valence-corrected chi connectivity index (χ1v) is 7.36. The molecule has 20 heavy (non-hydrogen) atoms. The molecule has 0 atom stereocenters. The summed E-state index contributed by atoms with van der Waals surface area (Å²) in [5.41, 5.74) is 0.888. The number of aromatic nitrogens is 2. The summed E-state index contributed by atoms with van der Waals surface area (Å²) in [6.07, 6.45) is 1.28. The molecule has 0 N–H and O–H groups in total. The molecule has 0 spiro atoms. The Morgan fingerprint density at radius 1 is 1.35 bits per heavy atom. The molecule has 1 heterocycles. The quantitative estimate of drug-likeness (QED) is 0.865. The molecular formula is C12H11ClN4O2S. The van der Waals surface area contributed by atoms with Crippen molar-refractivity contribution in [3.63, 3.8) is 0 Å². The largest absolute Gasteiger partial charge is 0.282 e. The van der Waals surface area contributed by atoms with Crippen LogP contribution in [0, 0.1) is 11.3 Å². The normalized spacial score (nSPS) is 11.1. The Balaban J connectivity index is 2.46. The van der Waals surface area contributed by atoms with Crippen LogP contribution in [0.2, 0.25) is 5.02 Å². The van der Waals surface area contributed by atoms with E-state index in [1.54, 1.807) is 24.3 Å². The van der Waals surface area contributed by atoms with Crippen molar-refractivity contribution in [2.45, 2.75) is 5.03 Å². The topological polar surface area (TPSA) is 79.0 Å². The number of benzene rings is 1. The van der Waals surface area contributed by atoms with Gasteiger partial charge in [0.25, 0.3) is 10.0 Å². The van der Waals surface area contributed by atoms with E-state index in [0.29, 0.717) is 11.3 Å². The number of sulfonamides is 1. The molecule has 0 aliphatic carbocycles. The van der Waals surface area contributed by atoms with Gasteiger partial charge in [0.15, 0.2) is 5.03 Å². The summed E-state index contributed by atoms with van der Waals surface area (Å²) in [6, 6.07) is 8.18.